The van der Waals surface area contributed by atoms with E-state index in [9.17, 15) is 40.5 Å². The molecule has 0 unspecified atom stereocenters. The number of carbonyl (C=O) groups excluding carboxylic acids is 1. The Labute approximate surface area is 176 Å². The molecule has 1 aromatic rings. The van der Waals surface area contributed by atoms with Crippen LogP contribution in [-0.4, -0.2) is 116 Å². The van der Waals surface area contributed by atoms with Crippen LogP contribution in [0, 0.1) is 0 Å². The fourth-order valence-electron chi connectivity index (χ4n) is 3.53. The minimum Gasteiger partial charge on any atom is -0.450 e. The monoisotopic (exact) mass is 446 g/mol. The van der Waals surface area contributed by atoms with Gasteiger partial charge in [0.25, 0.3) is 0 Å². The quantitative estimate of drug-likeness (QED) is 0.204. The second-order valence-electron chi connectivity index (χ2n) is 7.31. The van der Waals surface area contributed by atoms with Crippen LogP contribution in [0.3, 0.4) is 0 Å². The minimum atomic E-state index is -2.30. The molecule has 12 heteroatoms. The molecular weight excluding hydrogens is 420 g/mol. The molecule has 12 nitrogen and oxygen atoms in total. The Kier molecular flexibility index (Phi) is 7.59. The van der Waals surface area contributed by atoms with Crippen molar-refractivity contribution in [1.82, 2.24) is 0 Å². The molecule has 0 amide bonds. The SMILES string of the molecule is O=C(O[C@H]1[C@H](O)[C@@H](CO)O[C@@]1(CO)O[C@H]1O[C@H](CO)[C@@H](O)[C@H](O)[C@H]1O)c1ccccc1. The van der Waals surface area contributed by atoms with E-state index in [4.69, 9.17) is 18.9 Å². The van der Waals surface area contributed by atoms with Gasteiger partial charge in [0.05, 0.1) is 18.8 Å². The van der Waals surface area contributed by atoms with Gasteiger partial charge in [-0.25, -0.2) is 4.79 Å². The second kappa shape index (κ2) is 9.83. The van der Waals surface area contributed by atoms with E-state index in [1.807, 2.05) is 0 Å². The van der Waals surface area contributed by atoms with Crippen LogP contribution in [-0.2, 0) is 18.9 Å². The van der Waals surface area contributed by atoms with E-state index in [1.54, 1.807) is 18.2 Å². The molecule has 2 saturated heterocycles. The molecule has 0 saturated carbocycles. The molecule has 0 spiro atoms. The number of benzene rings is 1. The van der Waals surface area contributed by atoms with Crippen LogP contribution in [0.1, 0.15) is 10.4 Å². The lowest BCUT2D eigenvalue weighted by atomic mass is 9.99. The molecule has 2 heterocycles. The number of esters is 1. The third-order valence-corrected chi connectivity index (χ3v) is 5.28. The zero-order valence-corrected chi connectivity index (χ0v) is 16.3. The highest BCUT2D eigenvalue weighted by Gasteiger charge is 2.60. The Morgan fingerprint density at radius 2 is 1.55 bits per heavy atom. The zero-order chi connectivity index (χ0) is 22.8. The summed E-state index contributed by atoms with van der Waals surface area (Å²) in [5.41, 5.74) is 0.127. The zero-order valence-electron chi connectivity index (χ0n) is 16.3. The van der Waals surface area contributed by atoms with E-state index < -0.39 is 80.6 Å². The van der Waals surface area contributed by atoms with Crippen LogP contribution in [0.15, 0.2) is 30.3 Å². The molecular formula is C19H26O12. The third-order valence-electron chi connectivity index (χ3n) is 5.28. The van der Waals surface area contributed by atoms with Crippen LogP contribution in [0.4, 0.5) is 0 Å². The normalized spacial score (nSPS) is 40.6. The largest absolute Gasteiger partial charge is 0.450 e. The number of rotatable bonds is 7. The van der Waals surface area contributed by atoms with Gasteiger partial charge in [-0.1, -0.05) is 18.2 Å². The number of carbonyl (C=O) groups is 1. The first kappa shape index (κ1) is 23.9. The molecule has 0 bridgehead atoms. The lowest BCUT2D eigenvalue weighted by molar-refractivity contribution is -0.383. The topological polar surface area (TPSA) is 196 Å². The van der Waals surface area contributed by atoms with Crippen molar-refractivity contribution in [1.29, 1.82) is 0 Å². The van der Waals surface area contributed by atoms with Gasteiger partial charge in [-0.2, -0.15) is 0 Å². The Morgan fingerprint density at radius 1 is 0.903 bits per heavy atom. The summed E-state index contributed by atoms with van der Waals surface area (Å²) in [6.45, 7) is -2.46. The summed E-state index contributed by atoms with van der Waals surface area (Å²) in [6.07, 6.45) is -13.0. The molecule has 2 aliphatic rings. The van der Waals surface area contributed by atoms with Crippen LogP contribution in [0.5, 0.6) is 0 Å². The van der Waals surface area contributed by atoms with Crippen molar-refractivity contribution in [3.63, 3.8) is 0 Å². The van der Waals surface area contributed by atoms with Crippen LogP contribution < -0.4 is 0 Å². The van der Waals surface area contributed by atoms with E-state index in [0.29, 0.717) is 0 Å². The summed E-state index contributed by atoms with van der Waals surface area (Å²) >= 11 is 0. The first-order valence-electron chi connectivity index (χ1n) is 9.60. The summed E-state index contributed by atoms with van der Waals surface area (Å²) < 4.78 is 21.5. The van der Waals surface area contributed by atoms with Gasteiger partial charge in [-0.05, 0) is 12.1 Å². The van der Waals surface area contributed by atoms with Crippen molar-refractivity contribution in [3.8, 4) is 0 Å². The summed E-state index contributed by atoms with van der Waals surface area (Å²) in [4.78, 5) is 12.5. The van der Waals surface area contributed by atoms with Gasteiger partial charge in [0, 0.05) is 0 Å². The van der Waals surface area contributed by atoms with Crippen molar-refractivity contribution in [2.24, 2.45) is 0 Å². The molecule has 174 valence electrons. The van der Waals surface area contributed by atoms with Gasteiger partial charge in [0.1, 0.15) is 43.2 Å². The molecule has 1 aromatic carbocycles. The Balaban J connectivity index is 1.87. The summed E-state index contributed by atoms with van der Waals surface area (Å²) in [6, 6.07) is 7.74. The Hall–Kier alpha value is -1.71. The first-order chi connectivity index (χ1) is 14.8. The highest BCUT2D eigenvalue weighted by Crippen LogP contribution is 2.38. The number of ether oxygens (including phenoxy) is 4. The summed E-state index contributed by atoms with van der Waals surface area (Å²) in [7, 11) is 0. The van der Waals surface area contributed by atoms with Gasteiger partial charge in [0.15, 0.2) is 12.4 Å². The molecule has 2 aliphatic heterocycles. The average molecular weight is 446 g/mol. The minimum absolute atomic E-state index is 0.127. The number of hydrogen-bond acceptors (Lipinski definition) is 12. The highest BCUT2D eigenvalue weighted by molar-refractivity contribution is 5.89. The fraction of sp³-hybridized carbons (Fsp3) is 0.632. The highest BCUT2D eigenvalue weighted by atomic mass is 16.8. The standard InChI is InChI=1S/C19H26O12/c20-6-10-12(23)14(25)15(26)18(28-10)31-19(8-22)16(13(24)11(7-21)30-19)29-17(27)9-4-2-1-3-5-9/h1-5,10-16,18,20-26H,6-8H2/t10-,11-,12-,13-,14+,15-,16+,18-,19+/m1/s1. The van der Waals surface area contributed by atoms with Crippen molar-refractivity contribution in [2.45, 2.75) is 54.8 Å². The predicted octanol–water partition coefficient (Wildman–Crippen LogP) is -3.53. The predicted molar refractivity (Wildman–Crippen MR) is 98.3 cm³/mol. The Bertz CT molecular complexity index is 730. The number of hydrogen-bond donors (Lipinski definition) is 7. The van der Waals surface area contributed by atoms with E-state index >= 15 is 0 Å². The molecule has 9 atom stereocenters. The maximum Gasteiger partial charge on any atom is 0.338 e. The molecule has 0 radical (unpaired) electrons. The molecule has 2 fully saturated rings. The lowest BCUT2D eigenvalue weighted by Gasteiger charge is -2.43. The van der Waals surface area contributed by atoms with Gasteiger partial charge >= 0.3 is 5.97 Å². The molecule has 0 aliphatic carbocycles. The second-order valence-corrected chi connectivity index (χ2v) is 7.31. The fourth-order valence-corrected chi connectivity index (χ4v) is 3.53. The third kappa shape index (κ3) is 4.59. The van der Waals surface area contributed by atoms with Crippen molar-refractivity contribution >= 4 is 5.97 Å². The number of aliphatic hydroxyl groups excluding tert-OH is 7. The van der Waals surface area contributed by atoms with Gasteiger partial charge in [0.2, 0.25) is 5.79 Å². The summed E-state index contributed by atoms with van der Waals surface area (Å²) in [5.74, 6) is -3.19. The summed E-state index contributed by atoms with van der Waals surface area (Å²) in [5, 5.41) is 69.5. The lowest BCUT2D eigenvalue weighted by Crippen LogP contribution is -2.63. The van der Waals surface area contributed by atoms with Gasteiger partial charge < -0.3 is 54.7 Å². The van der Waals surface area contributed by atoms with E-state index in [0.717, 1.165) is 0 Å². The van der Waals surface area contributed by atoms with Crippen molar-refractivity contribution in [2.75, 3.05) is 19.8 Å². The molecule has 31 heavy (non-hydrogen) atoms. The van der Waals surface area contributed by atoms with Gasteiger partial charge in [-0.3, -0.25) is 0 Å². The van der Waals surface area contributed by atoms with Crippen molar-refractivity contribution < 1.29 is 59.5 Å². The van der Waals surface area contributed by atoms with Crippen LogP contribution in [0.2, 0.25) is 0 Å². The Morgan fingerprint density at radius 3 is 2.13 bits per heavy atom. The van der Waals surface area contributed by atoms with Crippen molar-refractivity contribution in [3.05, 3.63) is 35.9 Å². The van der Waals surface area contributed by atoms with Crippen LogP contribution >= 0.6 is 0 Å². The smallest absolute Gasteiger partial charge is 0.338 e. The number of aliphatic hydroxyl groups is 7. The first-order valence-corrected chi connectivity index (χ1v) is 9.60. The van der Waals surface area contributed by atoms with E-state index in [2.05, 4.69) is 0 Å². The van der Waals surface area contributed by atoms with Crippen LogP contribution in [0.25, 0.3) is 0 Å². The average Bonchev–Trinajstić information content (AvgIpc) is 3.06. The van der Waals surface area contributed by atoms with E-state index in [1.165, 1.54) is 12.1 Å². The maximum atomic E-state index is 12.5. The van der Waals surface area contributed by atoms with E-state index in [-0.39, 0.29) is 5.56 Å². The molecule has 0 aromatic heterocycles. The molecule has 3 rings (SSSR count). The maximum absolute atomic E-state index is 12.5. The molecule has 7 N–H and O–H groups in total. The van der Waals surface area contributed by atoms with Gasteiger partial charge in [-0.15, -0.1) is 0 Å².